The second-order valence-corrected chi connectivity index (χ2v) is 11.9. The normalized spacial score (nSPS) is 11.5. The summed E-state index contributed by atoms with van der Waals surface area (Å²) in [6, 6.07) is 10.8. The van der Waals surface area contributed by atoms with Crippen LogP contribution in [0.15, 0.2) is 54.2 Å². The molecular formula is C24H23ClN6O4S2. The van der Waals surface area contributed by atoms with Crippen LogP contribution in [0.1, 0.15) is 30.0 Å². The van der Waals surface area contributed by atoms with Gasteiger partial charge in [-0.2, -0.15) is 0 Å². The molecule has 0 saturated carbocycles. The maximum atomic E-state index is 12.4. The van der Waals surface area contributed by atoms with Crippen LogP contribution in [0.3, 0.4) is 0 Å². The van der Waals surface area contributed by atoms with Crippen molar-refractivity contribution in [2.75, 3.05) is 11.9 Å². The molecule has 0 aliphatic carbocycles. The Kier molecular flexibility index (Phi) is 7.71. The Labute approximate surface area is 222 Å². The fraction of sp³-hybridized carbons (Fsp3) is 0.208. The van der Waals surface area contributed by atoms with E-state index >= 15 is 0 Å². The van der Waals surface area contributed by atoms with Crippen molar-refractivity contribution in [3.63, 3.8) is 0 Å². The zero-order valence-electron chi connectivity index (χ0n) is 20.1. The second-order valence-electron chi connectivity index (χ2n) is 8.28. The third kappa shape index (κ3) is 6.04. The minimum absolute atomic E-state index is 0.0253. The van der Waals surface area contributed by atoms with Crippen LogP contribution in [0.2, 0.25) is 5.15 Å². The van der Waals surface area contributed by atoms with Crippen molar-refractivity contribution in [3.8, 4) is 22.5 Å². The number of aromatic nitrogens is 4. The van der Waals surface area contributed by atoms with E-state index in [2.05, 4.69) is 25.6 Å². The summed E-state index contributed by atoms with van der Waals surface area (Å²) in [5, 5.41) is 6.46. The number of hydrogen-bond donors (Lipinski definition) is 2. The van der Waals surface area contributed by atoms with Gasteiger partial charge >= 0.3 is 0 Å². The first-order valence-corrected chi connectivity index (χ1v) is 13.9. The van der Waals surface area contributed by atoms with E-state index in [-0.39, 0.29) is 17.3 Å². The number of nitrogens with one attached hydrogen (secondary N) is 2. The molecule has 0 aliphatic rings. The second kappa shape index (κ2) is 10.8. The molecule has 0 aliphatic heterocycles. The van der Waals surface area contributed by atoms with E-state index in [0.29, 0.717) is 16.6 Å². The minimum Gasteiger partial charge on any atom is -0.343 e. The molecule has 0 atom stereocenters. The summed E-state index contributed by atoms with van der Waals surface area (Å²) in [4.78, 5) is 37.9. The van der Waals surface area contributed by atoms with E-state index < -0.39 is 27.1 Å². The molecule has 0 fully saturated rings. The Morgan fingerprint density at radius 1 is 1.11 bits per heavy atom. The van der Waals surface area contributed by atoms with Crippen LogP contribution in [0.5, 0.6) is 0 Å². The maximum Gasteiger partial charge on any atom is 0.253 e. The summed E-state index contributed by atoms with van der Waals surface area (Å²) in [6.45, 7) is 4.51. The van der Waals surface area contributed by atoms with Gasteiger partial charge in [0.25, 0.3) is 5.91 Å². The number of hydrogen-bond acceptors (Lipinski definition) is 8. The molecule has 10 nitrogen and oxygen atoms in total. The van der Waals surface area contributed by atoms with Crippen LogP contribution in [-0.4, -0.2) is 51.0 Å². The van der Waals surface area contributed by atoms with Gasteiger partial charge in [-0.3, -0.25) is 9.59 Å². The highest BCUT2D eigenvalue weighted by Crippen LogP contribution is 2.28. The van der Waals surface area contributed by atoms with E-state index in [9.17, 15) is 18.0 Å². The van der Waals surface area contributed by atoms with Crippen molar-refractivity contribution >= 4 is 49.9 Å². The molecule has 0 unspecified atom stereocenters. The predicted octanol–water partition coefficient (Wildman–Crippen LogP) is 3.99. The average molecular weight is 559 g/mol. The zero-order chi connectivity index (χ0) is 26.7. The van der Waals surface area contributed by atoms with Crippen LogP contribution in [0.25, 0.3) is 22.5 Å². The van der Waals surface area contributed by atoms with Gasteiger partial charge in [-0.05, 0) is 39.0 Å². The lowest BCUT2D eigenvalue weighted by Crippen LogP contribution is -2.32. The molecule has 0 spiro atoms. The lowest BCUT2D eigenvalue weighted by atomic mass is 10.1. The van der Waals surface area contributed by atoms with Crippen molar-refractivity contribution in [1.82, 2.24) is 24.2 Å². The fourth-order valence-electron chi connectivity index (χ4n) is 3.31. The summed E-state index contributed by atoms with van der Waals surface area (Å²) in [6.07, 6.45) is 2.84. The van der Waals surface area contributed by atoms with Crippen LogP contribution >= 0.6 is 22.9 Å². The first-order chi connectivity index (χ1) is 17.5. The monoisotopic (exact) mass is 558 g/mol. The van der Waals surface area contributed by atoms with Gasteiger partial charge in [0.05, 0.1) is 28.7 Å². The maximum absolute atomic E-state index is 12.4. The number of halogens is 1. The van der Waals surface area contributed by atoms with Crippen molar-refractivity contribution < 1.29 is 18.0 Å². The lowest BCUT2D eigenvalue weighted by molar-refractivity contribution is -0.115. The molecule has 3 heterocycles. The van der Waals surface area contributed by atoms with E-state index in [1.165, 1.54) is 31.3 Å². The molecule has 4 rings (SSSR count). The molecular weight excluding hydrogens is 536 g/mol. The van der Waals surface area contributed by atoms with E-state index in [4.69, 9.17) is 11.6 Å². The van der Waals surface area contributed by atoms with Crippen LogP contribution in [-0.2, 0) is 14.8 Å². The van der Waals surface area contributed by atoms with Crippen molar-refractivity contribution in [2.45, 2.75) is 26.0 Å². The van der Waals surface area contributed by atoms with Crippen molar-refractivity contribution in [1.29, 1.82) is 0 Å². The molecule has 13 heteroatoms. The first-order valence-electron chi connectivity index (χ1n) is 11.1. The van der Waals surface area contributed by atoms with Crippen LogP contribution < -0.4 is 10.6 Å². The lowest BCUT2D eigenvalue weighted by Gasteiger charge is -2.09. The van der Waals surface area contributed by atoms with Crippen LogP contribution in [0, 0.1) is 6.92 Å². The highest BCUT2D eigenvalue weighted by molar-refractivity contribution is 7.90. The molecule has 37 heavy (non-hydrogen) atoms. The molecule has 4 aromatic rings. The Hall–Kier alpha value is -3.61. The van der Waals surface area contributed by atoms with Crippen molar-refractivity contribution in [3.05, 3.63) is 70.7 Å². The molecule has 2 N–H and O–H groups in total. The fourth-order valence-corrected chi connectivity index (χ4v) is 5.51. The number of anilines is 1. The number of amides is 2. The van der Waals surface area contributed by atoms with Gasteiger partial charge in [0.15, 0.2) is 5.13 Å². The molecule has 0 saturated heterocycles. The average Bonchev–Trinajstić information content (AvgIpc) is 3.49. The summed E-state index contributed by atoms with van der Waals surface area (Å²) < 4.78 is 25.5. The topological polar surface area (TPSA) is 136 Å². The zero-order valence-corrected chi connectivity index (χ0v) is 22.5. The van der Waals surface area contributed by atoms with E-state index in [1.807, 2.05) is 42.6 Å². The Morgan fingerprint density at radius 2 is 1.84 bits per heavy atom. The van der Waals surface area contributed by atoms with E-state index in [1.54, 1.807) is 6.20 Å². The van der Waals surface area contributed by atoms with Gasteiger partial charge < -0.3 is 10.6 Å². The summed E-state index contributed by atoms with van der Waals surface area (Å²) in [7, 11) is -3.72. The van der Waals surface area contributed by atoms with Gasteiger partial charge in [0, 0.05) is 28.9 Å². The Bertz CT molecular complexity index is 1580. The molecule has 0 radical (unpaired) electrons. The number of thiazole rings is 1. The largest absolute Gasteiger partial charge is 0.343 e. The van der Waals surface area contributed by atoms with Gasteiger partial charge in [-0.25, -0.2) is 27.3 Å². The smallest absolute Gasteiger partial charge is 0.253 e. The van der Waals surface area contributed by atoms with Crippen molar-refractivity contribution in [2.24, 2.45) is 0 Å². The number of rotatable bonds is 8. The molecule has 2 amide bonds. The van der Waals surface area contributed by atoms with Gasteiger partial charge in [-0.1, -0.05) is 29.8 Å². The van der Waals surface area contributed by atoms with Gasteiger partial charge in [0.1, 0.15) is 11.0 Å². The molecule has 1 aromatic carbocycles. The highest BCUT2D eigenvalue weighted by Gasteiger charge is 2.23. The highest BCUT2D eigenvalue weighted by atomic mass is 35.5. The third-order valence-corrected chi connectivity index (χ3v) is 8.45. The summed E-state index contributed by atoms with van der Waals surface area (Å²) in [5.41, 5.74) is 3.28. The van der Waals surface area contributed by atoms with E-state index in [0.717, 1.165) is 27.0 Å². The molecule has 3 aromatic heterocycles. The SMILES string of the molecule is Cc1nccc(-c2cccc(-c3csc(NC(=O)CNC(=O)c4cc(Cl)n(S(=O)(=O)C(C)C)c4)n3)c2)n1. The first kappa shape index (κ1) is 26.5. The third-order valence-electron chi connectivity index (χ3n) is 5.26. The number of carbonyl (C=O) groups excluding carboxylic acids is 2. The molecule has 0 bridgehead atoms. The number of carbonyl (C=O) groups is 2. The molecule has 192 valence electrons. The Morgan fingerprint density at radius 3 is 2.54 bits per heavy atom. The van der Waals surface area contributed by atoms with Gasteiger partial charge in [-0.15, -0.1) is 11.3 Å². The standard InChI is InChI=1S/C24H23ClN6O4S2/c1-14(2)37(34,35)31-12-18(10-21(31)25)23(33)27-11-22(32)30-24-29-20(13-36-24)17-6-4-5-16(9-17)19-7-8-26-15(3)28-19/h4-10,12-14H,11H2,1-3H3,(H,27,33)(H,29,30,32). The number of nitrogens with zero attached hydrogens (tertiary/aromatic N) is 4. The minimum atomic E-state index is -3.72. The number of benzene rings is 1. The number of aryl methyl sites for hydroxylation is 1. The Balaban J connectivity index is 1.38. The van der Waals surface area contributed by atoms with Crippen LogP contribution in [0.4, 0.5) is 5.13 Å². The van der Waals surface area contributed by atoms with Gasteiger partial charge in [0.2, 0.25) is 15.9 Å². The summed E-state index contributed by atoms with van der Waals surface area (Å²) in [5.74, 6) is -0.443. The quantitative estimate of drug-likeness (QED) is 0.334. The predicted molar refractivity (Wildman–Crippen MR) is 143 cm³/mol. The summed E-state index contributed by atoms with van der Waals surface area (Å²) >= 11 is 7.25.